The van der Waals surface area contributed by atoms with Gasteiger partial charge in [-0.25, -0.2) is 0 Å². The van der Waals surface area contributed by atoms with Gasteiger partial charge in [-0.1, -0.05) is 30.3 Å². The summed E-state index contributed by atoms with van der Waals surface area (Å²) in [6.45, 7) is 0.650. The van der Waals surface area contributed by atoms with Gasteiger partial charge in [0.2, 0.25) is 0 Å². The fourth-order valence-corrected chi connectivity index (χ4v) is 3.98. The van der Waals surface area contributed by atoms with E-state index in [-0.39, 0.29) is 12.5 Å². The van der Waals surface area contributed by atoms with Gasteiger partial charge < -0.3 is 9.84 Å². The maximum Gasteiger partial charge on any atom is 0.322 e. The van der Waals surface area contributed by atoms with E-state index in [9.17, 15) is 18.3 Å². The summed E-state index contributed by atoms with van der Waals surface area (Å²) in [5, 5.41) is 9.31. The first-order chi connectivity index (χ1) is 10.9. The molecule has 23 heavy (non-hydrogen) atoms. The third kappa shape index (κ3) is 5.00. The summed E-state index contributed by atoms with van der Waals surface area (Å²) in [7, 11) is -2.23. The molecular formula is C15H22N2O5S. The quantitative estimate of drug-likeness (QED) is 0.758. The van der Waals surface area contributed by atoms with Crippen LogP contribution < -0.4 is 4.72 Å². The lowest BCUT2D eigenvalue weighted by molar-refractivity contribution is -0.138. The Kier molecular flexibility index (Phi) is 6.11. The molecule has 0 amide bonds. The molecule has 128 valence electrons. The van der Waals surface area contributed by atoms with Crippen molar-refractivity contribution >= 4 is 16.2 Å². The molecule has 1 saturated heterocycles. The molecule has 1 fully saturated rings. The number of hydrogen-bond donors (Lipinski definition) is 2. The van der Waals surface area contributed by atoms with E-state index in [0.29, 0.717) is 25.9 Å². The molecule has 1 aromatic rings. The first kappa shape index (κ1) is 17.9. The van der Waals surface area contributed by atoms with Crippen LogP contribution in [0.15, 0.2) is 30.3 Å². The summed E-state index contributed by atoms with van der Waals surface area (Å²) >= 11 is 0. The maximum atomic E-state index is 12.4. The van der Waals surface area contributed by atoms with Crippen molar-refractivity contribution in [2.45, 2.75) is 31.4 Å². The fourth-order valence-electron chi connectivity index (χ4n) is 2.59. The Balaban J connectivity index is 2.02. The molecule has 2 rings (SSSR count). The van der Waals surface area contributed by atoms with Crippen molar-refractivity contribution in [3.8, 4) is 0 Å². The summed E-state index contributed by atoms with van der Waals surface area (Å²) in [6.07, 6.45) is 1.37. The van der Waals surface area contributed by atoms with Crippen molar-refractivity contribution < 1.29 is 23.1 Å². The number of ether oxygens (including phenoxy) is 1. The molecule has 0 aromatic heterocycles. The maximum absolute atomic E-state index is 12.4. The fraction of sp³-hybridized carbons (Fsp3) is 0.533. The number of rotatable bonds is 7. The number of carboxylic acids is 1. The molecule has 0 spiro atoms. The Morgan fingerprint density at radius 1 is 1.35 bits per heavy atom. The predicted molar refractivity (Wildman–Crippen MR) is 85.2 cm³/mol. The number of nitrogens with one attached hydrogen (secondary N) is 1. The molecule has 1 heterocycles. The number of hydrogen-bond acceptors (Lipinski definition) is 4. The smallest absolute Gasteiger partial charge is 0.322 e. The Labute approximate surface area is 136 Å². The van der Waals surface area contributed by atoms with Crippen LogP contribution >= 0.6 is 0 Å². The van der Waals surface area contributed by atoms with E-state index in [1.54, 1.807) is 31.4 Å². The molecule has 0 saturated carbocycles. The van der Waals surface area contributed by atoms with Crippen molar-refractivity contribution in [1.82, 2.24) is 9.03 Å². The highest BCUT2D eigenvalue weighted by atomic mass is 32.2. The number of benzene rings is 1. The summed E-state index contributed by atoms with van der Waals surface area (Å²) in [5.74, 6) is -1.19. The molecule has 2 N–H and O–H groups in total. The lowest BCUT2D eigenvalue weighted by Crippen LogP contribution is -2.51. The van der Waals surface area contributed by atoms with E-state index in [4.69, 9.17) is 4.74 Å². The van der Waals surface area contributed by atoms with Crippen LogP contribution in [0.2, 0.25) is 0 Å². The van der Waals surface area contributed by atoms with Crippen molar-refractivity contribution in [2.24, 2.45) is 0 Å². The standard InChI is InChI=1S/C15H22N2O5S/c1-22-13-7-9-17(10-8-13)23(20,21)16-14(15(18)19)11-12-5-3-2-4-6-12/h2-6,13-14,16H,7-11H2,1H3,(H,18,19)/t14-/m0/s1. The Morgan fingerprint density at radius 2 is 1.96 bits per heavy atom. The Bertz CT molecular complexity index is 612. The van der Waals surface area contributed by atoms with E-state index in [2.05, 4.69) is 4.72 Å². The van der Waals surface area contributed by atoms with Crippen LogP contribution in [0.5, 0.6) is 0 Å². The minimum atomic E-state index is -3.83. The molecule has 0 aliphatic carbocycles. The van der Waals surface area contributed by atoms with Crippen molar-refractivity contribution in [3.63, 3.8) is 0 Å². The summed E-state index contributed by atoms with van der Waals surface area (Å²) in [6, 6.07) is 7.75. The van der Waals surface area contributed by atoms with Crippen LogP contribution in [-0.4, -0.2) is 56.1 Å². The van der Waals surface area contributed by atoms with E-state index >= 15 is 0 Å². The second-order valence-electron chi connectivity index (χ2n) is 5.54. The number of nitrogens with zero attached hydrogens (tertiary/aromatic N) is 1. The van der Waals surface area contributed by atoms with Gasteiger partial charge >= 0.3 is 5.97 Å². The van der Waals surface area contributed by atoms with Gasteiger partial charge in [-0.15, -0.1) is 0 Å². The Hall–Kier alpha value is -1.48. The van der Waals surface area contributed by atoms with Crippen molar-refractivity contribution in [3.05, 3.63) is 35.9 Å². The van der Waals surface area contributed by atoms with Gasteiger partial charge in [-0.05, 0) is 24.8 Å². The highest BCUT2D eigenvalue weighted by Gasteiger charge is 2.32. The Morgan fingerprint density at radius 3 is 2.48 bits per heavy atom. The zero-order chi connectivity index (χ0) is 16.9. The van der Waals surface area contributed by atoms with Gasteiger partial charge in [-0.2, -0.15) is 17.4 Å². The third-order valence-electron chi connectivity index (χ3n) is 3.95. The number of piperidine rings is 1. The molecule has 1 aromatic carbocycles. The lowest BCUT2D eigenvalue weighted by Gasteiger charge is -2.31. The van der Waals surface area contributed by atoms with Crippen LogP contribution in [0.3, 0.4) is 0 Å². The second-order valence-corrected chi connectivity index (χ2v) is 7.24. The minimum absolute atomic E-state index is 0.0565. The second kappa shape index (κ2) is 7.87. The van der Waals surface area contributed by atoms with E-state index in [0.717, 1.165) is 5.56 Å². The molecule has 1 aliphatic rings. The van der Waals surface area contributed by atoms with Crippen LogP contribution in [-0.2, 0) is 26.2 Å². The average Bonchev–Trinajstić information content (AvgIpc) is 2.55. The van der Waals surface area contributed by atoms with Crippen LogP contribution in [0.25, 0.3) is 0 Å². The molecule has 1 atom stereocenters. The van der Waals surface area contributed by atoms with Crippen LogP contribution in [0, 0.1) is 0 Å². The summed E-state index contributed by atoms with van der Waals surface area (Å²) in [4.78, 5) is 11.4. The topological polar surface area (TPSA) is 95.9 Å². The van der Waals surface area contributed by atoms with Crippen molar-refractivity contribution in [2.75, 3.05) is 20.2 Å². The van der Waals surface area contributed by atoms with Gasteiger partial charge in [0.25, 0.3) is 10.2 Å². The van der Waals surface area contributed by atoms with Gasteiger partial charge in [0.1, 0.15) is 6.04 Å². The highest BCUT2D eigenvalue weighted by Crippen LogP contribution is 2.16. The van der Waals surface area contributed by atoms with Crippen LogP contribution in [0.1, 0.15) is 18.4 Å². The number of methoxy groups -OCH3 is 1. The SMILES string of the molecule is COC1CCN(S(=O)(=O)N[C@@H](Cc2ccccc2)C(=O)O)CC1. The molecule has 7 nitrogen and oxygen atoms in total. The highest BCUT2D eigenvalue weighted by molar-refractivity contribution is 7.87. The predicted octanol–water partition coefficient (Wildman–Crippen LogP) is 0.628. The summed E-state index contributed by atoms with van der Waals surface area (Å²) < 4.78 is 33.6. The van der Waals surface area contributed by atoms with Crippen molar-refractivity contribution in [1.29, 1.82) is 0 Å². The zero-order valence-electron chi connectivity index (χ0n) is 13.0. The number of carbonyl (C=O) groups is 1. The monoisotopic (exact) mass is 342 g/mol. The van der Waals surface area contributed by atoms with Gasteiger partial charge in [-0.3, -0.25) is 4.79 Å². The normalized spacial score (nSPS) is 18.7. The number of carboxylic acid groups (broad SMARTS) is 1. The first-order valence-corrected chi connectivity index (χ1v) is 8.93. The molecule has 1 aliphatic heterocycles. The van der Waals surface area contributed by atoms with E-state index < -0.39 is 22.2 Å². The first-order valence-electron chi connectivity index (χ1n) is 7.49. The minimum Gasteiger partial charge on any atom is -0.480 e. The molecular weight excluding hydrogens is 320 g/mol. The average molecular weight is 342 g/mol. The third-order valence-corrected chi connectivity index (χ3v) is 5.57. The van der Waals surface area contributed by atoms with Gasteiger partial charge in [0.15, 0.2) is 0 Å². The molecule has 0 unspecified atom stereocenters. The molecule has 0 radical (unpaired) electrons. The van der Waals surface area contributed by atoms with E-state index in [1.807, 2.05) is 6.07 Å². The zero-order valence-corrected chi connectivity index (χ0v) is 13.8. The van der Waals surface area contributed by atoms with Crippen LogP contribution in [0.4, 0.5) is 0 Å². The molecule has 8 heteroatoms. The van der Waals surface area contributed by atoms with E-state index in [1.165, 1.54) is 4.31 Å². The molecule has 0 bridgehead atoms. The summed E-state index contributed by atoms with van der Waals surface area (Å²) in [5.41, 5.74) is 0.765. The largest absolute Gasteiger partial charge is 0.480 e. The van der Waals surface area contributed by atoms with Gasteiger partial charge in [0, 0.05) is 20.2 Å². The lowest BCUT2D eigenvalue weighted by atomic mass is 10.1. The number of aliphatic carboxylic acids is 1. The van der Waals surface area contributed by atoms with Gasteiger partial charge in [0.05, 0.1) is 6.10 Å².